The molecule has 5 nitrogen and oxygen atoms in total. The number of nitrogens with zero attached hydrogens (tertiary/aromatic N) is 4. The Morgan fingerprint density at radius 1 is 1.41 bits per heavy atom. The fraction of sp³-hybridized carbons (Fsp3) is 0.375. The zero-order valence-electron chi connectivity index (χ0n) is 12.5. The van der Waals surface area contributed by atoms with Crippen molar-refractivity contribution in [3.8, 4) is 0 Å². The highest BCUT2D eigenvalue weighted by Crippen LogP contribution is 2.28. The van der Waals surface area contributed by atoms with Crippen molar-refractivity contribution in [2.24, 2.45) is 0 Å². The van der Waals surface area contributed by atoms with Gasteiger partial charge < -0.3 is 9.14 Å². The number of morpholine rings is 1. The average Bonchev–Trinajstić information content (AvgIpc) is 3.17. The van der Waals surface area contributed by atoms with Gasteiger partial charge in [0.15, 0.2) is 0 Å². The van der Waals surface area contributed by atoms with Crippen LogP contribution in [0.3, 0.4) is 0 Å². The minimum atomic E-state index is 0.242. The summed E-state index contributed by atoms with van der Waals surface area (Å²) in [7, 11) is 0. The van der Waals surface area contributed by atoms with Crippen LogP contribution in [0.25, 0.3) is 5.65 Å². The number of aryl methyl sites for hydroxylation is 1. The molecule has 1 unspecified atom stereocenters. The Hall–Kier alpha value is -1.76. The molecule has 0 saturated carbocycles. The molecule has 4 heterocycles. The number of thiazole rings is 1. The molecule has 0 amide bonds. The van der Waals surface area contributed by atoms with Gasteiger partial charge in [0.05, 0.1) is 19.3 Å². The average molecular weight is 314 g/mol. The monoisotopic (exact) mass is 314 g/mol. The molecule has 1 atom stereocenters. The lowest BCUT2D eigenvalue weighted by Crippen LogP contribution is -2.39. The van der Waals surface area contributed by atoms with Crippen molar-refractivity contribution in [3.05, 3.63) is 52.4 Å². The van der Waals surface area contributed by atoms with Gasteiger partial charge in [-0.1, -0.05) is 6.07 Å². The molecule has 0 aromatic carbocycles. The summed E-state index contributed by atoms with van der Waals surface area (Å²) in [6, 6.07) is 6.51. The molecule has 0 N–H and O–H groups in total. The Morgan fingerprint density at radius 2 is 2.36 bits per heavy atom. The van der Waals surface area contributed by atoms with Crippen LogP contribution in [0.5, 0.6) is 0 Å². The highest BCUT2D eigenvalue weighted by Gasteiger charge is 2.27. The van der Waals surface area contributed by atoms with E-state index in [0.717, 1.165) is 36.0 Å². The van der Waals surface area contributed by atoms with Gasteiger partial charge in [-0.05, 0) is 19.1 Å². The van der Waals surface area contributed by atoms with E-state index in [-0.39, 0.29) is 6.04 Å². The molecule has 0 spiro atoms. The molecular formula is C16H18N4OS. The zero-order chi connectivity index (χ0) is 14.9. The normalized spacial score (nSPS) is 19.8. The first-order chi connectivity index (χ1) is 10.8. The summed E-state index contributed by atoms with van der Waals surface area (Å²) >= 11 is 1.72. The third-order valence-electron chi connectivity index (χ3n) is 4.04. The molecule has 22 heavy (non-hydrogen) atoms. The van der Waals surface area contributed by atoms with E-state index in [9.17, 15) is 0 Å². The molecule has 1 saturated heterocycles. The maximum atomic E-state index is 5.69. The lowest BCUT2D eigenvalue weighted by Gasteiger charge is -2.34. The summed E-state index contributed by atoms with van der Waals surface area (Å²) in [4.78, 5) is 11.5. The summed E-state index contributed by atoms with van der Waals surface area (Å²) in [5, 5.41) is 3.26. The van der Waals surface area contributed by atoms with Gasteiger partial charge in [-0.25, -0.2) is 9.97 Å². The first kappa shape index (κ1) is 13.9. The Bertz CT molecular complexity index is 781. The van der Waals surface area contributed by atoms with Crippen LogP contribution < -0.4 is 0 Å². The minimum absolute atomic E-state index is 0.242. The van der Waals surface area contributed by atoms with Gasteiger partial charge in [-0.15, -0.1) is 11.3 Å². The largest absolute Gasteiger partial charge is 0.378 e. The molecule has 0 radical (unpaired) electrons. The molecule has 1 aliphatic rings. The smallest absolute Gasteiger partial charge is 0.136 e. The molecule has 6 heteroatoms. The zero-order valence-corrected chi connectivity index (χ0v) is 13.3. The molecule has 4 rings (SSSR count). The maximum Gasteiger partial charge on any atom is 0.136 e. The molecule has 1 aliphatic heterocycles. The van der Waals surface area contributed by atoms with Crippen molar-refractivity contribution in [1.29, 1.82) is 0 Å². The number of rotatable bonds is 3. The lowest BCUT2D eigenvalue weighted by atomic mass is 10.2. The number of ether oxygens (including phenoxy) is 1. The van der Waals surface area contributed by atoms with E-state index < -0.39 is 0 Å². The fourth-order valence-electron chi connectivity index (χ4n) is 2.92. The molecule has 0 aliphatic carbocycles. The Balaban J connectivity index is 1.63. The second-order valence-electron chi connectivity index (χ2n) is 5.56. The molecule has 1 fully saturated rings. The molecule has 3 aromatic rings. The second-order valence-corrected chi connectivity index (χ2v) is 6.45. The van der Waals surface area contributed by atoms with Crippen LogP contribution in [0.15, 0.2) is 36.0 Å². The summed E-state index contributed by atoms with van der Waals surface area (Å²) in [6.07, 6.45) is 3.87. The maximum absolute atomic E-state index is 5.69. The third-order valence-corrected chi connectivity index (χ3v) is 5.10. The van der Waals surface area contributed by atoms with Crippen molar-refractivity contribution in [2.75, 3.05) is 19.8 Å². The number of hydrogen-bond donors (Lipinski definition) is 0. The van der Waals surface area contributed by atoms with Crippen molar-refractivity contribution in [2.45, 2.75) is 19.5 Å². The van der Waals surface area contributed by atoms with Crippen LogP contribution in [0.2, 0.25) is 0 Å². The van der Waals surface area contributed by atoms with E-state index >= 15 is 0 Å². The molecular weight excluding hydrogens is 296 g/mol. The standard InChI is InChI=1S/C16H18N4OS/c1-12-11-22-16(18-12)14-10-21-8-7-19(14)9-13-3-2-4-15-17-5-6-20(13)15/h2-6,11,14H,7-10H2,1H3. The van der Waals surface area contributed by atoms with E-state index in [1.165, 1.54) is 5.69 Å². The third kappa shape index (κ3) is 2.54. The SMILES string of the molecule is Cc1csc(C2COCCN2Cc2cccc3nccn23)n1. The predicted molar refractivity (Wildman–Crippen MR) is 86.0 cm³/mol. The van der Waals surface area contributed by atoms with Gasteiger partial charge in [0.2, 0.25) is 0 Å². The van der Waals surface area contributed by atoms with Crippen LogP contribution in [0.1, 0.15) is 22.4 Å². The van der Waals surface area contributed by atoms with Crippen LogP contribution in [0.4, 0.5) is 0 Å². The van der Waals surface area contributed by atoms with E-state index in [1.807, 2.05) is 25.4 Å². The van der Waals surface area contributed by atoms with Gasteiger partial charge in [0.1, 0.15) is 10.7 Å². The van der Waals surface area contributed by atoms with E-state index in [1.54, 1.807) is 11.3 Å². The van der Waals surface area contributed by atoms with Crippen molar-refractivity contribution in [1.82, 2.24) is 19.3 Å². The van der Waals surface area contributed by atoms with Gasteiger partial charge in [-0.3, -0.25) is 4.90 Å². The van der Waals surface area contributed by atoms with Crippen molar-refractivity contribution >= 4 is 17.0 Å². The number of imidazole rings is 1. The van der Waals surface area contributed by atoms with Gasteiger partial charge >= 0.3 is 0 Å². The van der Waals surface area contributed by atoms with Gasteiger partial charge in [-0.2, -0.15) is 0 Å². The van der Waals surface area contributed by atoms with E-state index in [0.29, 0.717) is 6.61 Å². The summed E-state index contributed by atoms with van der Waals surface area (Å²) in [5.74, 6) is 0. The summed E-state index contributed by atoms with van der Waals surface area (Å²) in [6.45, 7) is 5.34. The lowest BCUT2D eigenvalue weighted by molar-refractivity contribution is -0.0134. The topological polar surface area (TPSA) is 42.7 Å². The fourth-order valence-corrected chi connectivity index (χ4v) is 3.84. The minimum Gasteiger partial charge on any atom is -0.378 e. The highest BCUT2D eigenvalue weighted by molar-refractivity contribution is 7.09. The Morgan fingerprint density at radius 3 is 3.23 bits per heavy atom. The van der Waals surface area contributed by atoms with E-state index in [2.05, 4.69) is 36.8 Å². The quantitative estimate of drug-likeness (QED) is 0.745. The molecule has 114 valence electrons. The first-order valence-electron chi connectivity index (χ1n) is 7.46. The summed E-state index contributed by atoms with van der Waals surface area (Å²) in [5.41, 5.74) is 3.32. The van der Waals surface area contributed by atoms with Gasteiger partial charge in [0, 0.05) is 42.3 Å². The number of aromatic nitrogens is 3. The first-order valence-corrected chi connectivity index (χ1v) is 8.34. The Kier molecular flexibility index (Phi) is 3.65. The number of pyridine rings is 1. The molecule has 3 aromatic heterocycles. The van der Waals surface area contributed by atoms with Crippen molar-refractivity contribution < 1.29 is 4.74 Å². The van der Waals surface area contributed by atoms with Gasteiger partial charge in [0.25, 0.3) is 0 Å². The highest BCUT2D eigenvalue weighted by atomic mass is 32.1. The second kappa shape index (κ2) is 5.79. The van der Waals surface area contributed by atoms with E-state index in [4.69, 9.17) is 4.74 Å². The van der Waals surface area contributed by atoms with Crippen LogP contribution in [-0.2, 0) is 11.3 Å². The van der Waals surface area contributed by atoms with Crippen molar-refractivity contribution in [3.63, 3.8) is 0 Å². The predicted octanol–water partition coefficient (Wildman–Crippen LogP) is 2.67. The van der Waals surface area contributed by atoms with Crippen LogP contribution in [0, 0.1) is 6.92 Å². The van der Waals surface area contributed by atoms with Crippen LogP contribution in [-0.4, -0.2) is 39.0 Å². The molecule has 0 bridgehead atoms. The number of hydrogen-bond acceptors (Lipinski definition) is 5. The number of fused-ring (bicyclic) bond motifs is 1. The summed E-state index contributed by atoms with van der Waals surface area (Å²) < 4.78 is 7.84. The Labute approximate surface area is 133 Å². The van der Waals surface area contributed by atoms with Crippen LogP contribution >= 0.6 is 11.3 Å².